The van der Waals surface area contributed by atoms with Gasteiger partial charge in [0.05, 0.1) is 0 Å². The number of aryl methyl sites for hydroxylation is 1. The van der Waals surface area contributed by atoms with Gasteiger partial charge in [-0.1, -0.05) is 61.5 Å². The highest BCUT2D eigenvalue weighted by Crippen LogP contribution is 2.35. The van der Waals surface area contributed by atoms with Gasteiger partial charge in [0.2, 0.25) is 0 Å². The van der Waals surface area contributed by atoms with E-state index in [0.717, 1.165) is 6.42 Å². The molecule has 0 unspecified atom stereocenters. The molecular formula is C24H23N. The first kappa shape index (κ1) is 15.7. The van der Waals surface area contributed by atoms with E-state index in [2.05, 4.69) is 98.7 Å². The Balaban J connectivity index is 1.99. The Morgan fingerprint density at radius 2 is 1.44 bits per heavy atom. The summed E-state index contributed by atoms with van der Waals surface area (Å²) in [6.45, 7) is 2.21. The zero-order valence-electron chi connectivity index (χ0n) is 15.1. The SMILES string of the molecule is CCc1ccc2cc(-c3ccc(N(C)C)cc3)c3ccccc3c2c1. The van der Waals surface area contributed by atoms with E-state index in [4.69, 9.17) is 0 Å². The van der Waals surface area contributed by atoms with Crippen LogP contribution in [0.3, 0.4) is 0 Å². The first-order valence-corrected chi connectivity index (χ1v) is 8.89. The van der Waals surface area contributed by atoms with Gasteiger partial charge in [0.15, 0.2) is 0 Å². The van der Waals surface area contributed by atoms with Crippen LogP contribution in [0.25, 0.3) is 32.7 Å². The van der Waals surface area contributed by atoms with E-state index in [1.165, 1.54) is 43.9 Å². The molecule has 1 nitrogen and oxygen atoms in total. The van der Waals surface area contributed by atoms with Crippen molar-refractivity contribution in [3.8, 4) is 11.1 Å². The molecule has 0 amide bonds. The maximum absolute atomic E-state index is 2.34. The van der Waals surface area contributed by atoms with Crippen LogP contribution in [0, 0.1) is 0 Å². The number of fused-ring (bicyclic) bond motifs is 3. The molecule has 4 aromatic carbocycles. The molecule has 25 heavy (non-hydrogen) atoms. The second-order valence-corrected chi connectivity index (χ2v) is 6.82. The first-order chi connectivity index (χ1) is 12.2. The Labute approximate surface area is 149 Å². The van der Waals surface area contributed by atoms with Gasteiger partial charge in [-0.25, -0.2) is 0 Å². The molecule has 124 valence electrons. The van der Waals surface area contributed by atoms with E-state index in [1.54, 1.807) is 0 Å². The summed E-state index contributed by atoms with van der Waals surface area (Å²) in [7, 11) is 4.15. The molecule has 0 aliphatic carbocycles. The molecule has 0 radical (unpaired) electrons. The molecule has 0 saturated carbocycles. The van der Waals surface area contributed by atoms with Gasteiger partial charge < -0.3 is 4.90 Å². The summed E-state index contributed by atoms with van der Waals surface area (Å²) in [5.41, 5.74) is 5.18. The molecular weight excluding hydrogens is 302 g/mol. The summed E-state index contributed by atoms with van der Waals surface area (Å²) < 4.78 is 0. The number of anilines is 1. The number of hydrogen-bond acceptors (Lipinski definition) is 1. The van der Waals surface area contributed by atoms with Crippen molar-refractivity contribution in [2.45, 2.75) is 13.3 Å². The molecule has 4 rings (SSSR count). The predicted octanol–water partition coefficient (Wildman–Crippen LogP) is 6.29. The molecule has 0 bridgehead atoms. The van der Waals surface area contributed by atoms with Gasteiger partial charge >= 0.3 is 0 Å². The lowest BCUT2D eigenvalue weighted by atomic mass is 9.92. The largest absolute Gasteiger partial charge is 0.378 e. The van der Waals surface area contributed by atoms with Crippen LogP contribution in [-0.2, 0) is 6.42 Å². The fourth-order valence-corrected chi connectivity index (χ4v) is 3.55. The van der Waals surface area contributed by atoms with Crippen molar-refractivity contribution in [2.24, 2.45) is 0 Å². The lowest BCUT2D eigenvalue weighted by Crippen LogP contribution is -2.07. The van der Waals surface area contributed by atoms with Gasteiger partial charge in [-0.05, 0) is 62.9 Å². The minimum Gasteiger partial charge on any atom is -0.378 e. The number of rotatable bonds is 3. The van der Waals surface area contributed by atoms with Crippen LogP contribution in [0.15, 0.2) is 72.8 Å². The average molecular weight is 325 g/mol. The number of nitrogens with zero attached hydrogens (tertiary/aromatic N) is 1. The quantitative estimate of drug-likeness (QED) is 0.400. The zero-order valence-corrected chi connectivity index (χ0v) is 15.1. The topological polar surface area (TPSA) is 3.24 Å². The molecule has 0 N–H and O–H groups in total. The average Bonchev–Trinajstić information content (AvgIpc) is 2.67. The first-order valence-electron chi connectivity index (χ1n) is 8.89. The minimum atomic E-state index is 1.07. The summed E-state index contributed by atoms with van der Waals surface area (Å²) in [6, 6.07) is 26.8. The zero-order chi connectivity index (χ0) is 17.4. The van der Waals surface area contributed by atoms with Crippen LogP contribution in [-0.4, -0.2) is 14.1 Å². The molecule has 0 spiro atoms. The third-order valence-electron chi connectivity index (χ3n) is 5.03. The van der Waals surface area contributed by atoms with E-state index in [9.17, 15) is 0 Å². The van der Waals surface area contributed by atoms with Crippen molar-refractivity contribution >= 4 is 27.2 Å². The van der Waals surface area contributed by atoms with Crippen molar-refractivity contribution in [2.75, 3.05) is 19.0 Å². The van der Waals surface area contributed by atoms with Gasteiger partial charge in [0, 0.05) is 19.8 Å². The molecule has 0 fully saturated rings. The second kappa shape index (κ2) is 6.25. The third kappa shape index (κ3) is 2.76. The Hall–Kier alpha value is -2.80. The minimum absolute atomic E-state index is 1.07. The van der Waals surface area contributed by atoms with Gasteiger partial charge in [-0.3, -0.25) is 0 Å². The van der Waals surface area contributed by atoms with Crippen LogP contribution >= 0.6 is 0 Å². The summed E-state index contributed by atoms with van der Waals surface area (Å²) in [5.74, 6) is 0. The van der Waals surface area contributed by atoms with Crippen molar-refractivity contribution in [1.29, 1.82) is 0 Å². The van der Waals surface area contributed by atoms with E-state index < -0.39 is 0 Å². The molecule has 0 aliphatic heterocycles. The Morgan fingerprint density at radius 1 is 0.720 bits per heavy atom. The summed E-state index contributed by atoms with van der Waals surface area (Å²) in [4.78, 5) is 2.13. The van der Waals surface area contributed by atoms with Crippen LogP contribution in [0.2, 0.25) is 0 Å². The highest BCUT2D eigenvalue weighted by atomic mass is 15.1. The molecule has 0 aromatic heterocycles. The fourth-order valence-electron chi connectivity index (χ4n) is 3.55. The predicted molar refractivity (Wildman–Crippen MR) is 111 cm³/mol. The van der Waals surface area contributed by atoms with E-state index in [0.29, 0.717) is 0 Å². The van der Waals surface area contributed by atoms with Crippen LogP contribution in [0.5, 0.6) is 0 Å². The smallest absolute Gasteiger partial charge is 0.0361 e. The second-order valence-electron chi connectivity index (χ2n) is 6.82. The van der Waals surface area contributed by atoms with E-state index in [1.807, 2.05) is 0 Å². The van der Waals surface area contributed by atoms with E-state index in [-0.39, 0.29) is 0 Å². The number of benzene rings is 4. The van der Waals surface area contributed by atoms with Crippen molar-refractivity contribution in [1.82, 2.24) is 0 Å². The Morgan fingerprint density at radius 3 is 2.12 bits per heavy atom. The van der Waals surface area contributed by atoms with Crippen LogP contribution in [0.1, 0.15) is 12.5 Å². The van der Waals surface area contributed by atoms with Crippen molar-refractivity contribution < 1.29 is 0 Å². The van der Waals surface area contributed by atoms with Crippen molar-refractivity contribution in [3.63, 3.8) is 0 Å². The summed E-state index contributed by atoms with van der Waals surface area (Å²) >= 11 is 0. The molecule has 4 aromatic rings. The maximum Gasteiger partial charge on any atom is 0.0361 e. The molecule has 0 saturated heterocycles. The Kier molecular flexibility index (Phi) is 3.93. The normalized spacial score (nSPS) is 11.2. The van der Waals surface area contributed by atoms with Gasteiger partial charge in [-0.15, -0.1) is 0 Å². The van der Waals surface area contributed by atoms with Crippen molar-refractivity contribution in [3.05, 3.63) is 78.4 Å². The lowest BCUT2D eigenvalue weighted by Gasteiger charge is -2.15. The Bertz CT molecular complexity index is 1040. The van der Waals surface area contributed by atoms with E-state index >= 15 is 0 Å². The number of hydrogen-bond donors (Lipinski definition) is 0. The third-order valence-corrected chi connectivity index (χ3v) is 5.03. The summed E-state index contributed by atoms with van der Waals surface area (Å²) in [5, 5.41) is 5.31. The van der Waals surface area contributed by atoms with Crippen LogP contribution in [0.4, 0.5) is 5.69 Å². The standard InChI is InChI=1S/C24H23N/c1-4-17-9-10-19-16-24(18-11-13-20(14-12-18)25(2)3)22-8-6-5-7-21(22)23(19)15-17/h5-16H,4H2,1-3H3. The van der Waals surface area contributed by atoms with Gasteiger partial charge in [0.1, 0.15) is 0 Å². The molecule has 0 atom stereocenters. The summed E-state index contributed by atoms with van der Waals surface area (Å²) in [6.07, 6.45) is 1.07. The monoisotopic (exact) mass is 325 g/mol. The fraction of sp³-hybridized carbons (Fsp3) is 0.167. The maximum atomic E-state index is 2.34. The highest BCUT2D eigenvalue weighted by Gasteiger charge is 2.09. The van der Waals surface area contributed by atoms with Gasteiger partial charge in [0.25, 0.3) is 0 Å². The lowest BCUT2D eigenvalue weighted by molar-refractivity contribution is 1.13. The molecule has 0 heterocycles. The molecule has 0 aliphatic rings. The van der Waals surface area contributed by atoms with Gasteiger partial charge in [-0.2, -0.15) is 0 Å². The molecule has 1 heteroatoms. The van der Waals surface area contributed by atoms with Crippen LogP contribution < -0.4 is 4.90 Å². The highest BCUT2D eigenvalue weighted by molar-refractivity contribution is 6.13.